The summed E-state index contributed by atoms with van der Waals surface area (Å²) in [7, 11) is 0. The summed E-state index contributed by atoms with van der Waals surface area (Å²) in [4.78, 5) is 13.0. The van der Waals surface area contributed by atoms with Crippen LogP contribution in [-0.4, -0.2) is 27.8 Å². The monoisotopic (exact) mass is 409 g/mol. The Morgan fingerprint density at radius 1 is 1.30 bits per heavy atom. The van der Waals surface area contributed by atoms with E-state index in [4.69, 9.17) is 4.74 Å². The third-order valence-corrected chi connectivity index (χ3v) is 5.27. The highest BCUT2D eigenvalue weighted by atomic mass is 19.1. The molecule has 1 saturated carbocycles. The minimum Gasteiger partial charge on any atom is -0.492 e. The van der Waals surface area contributed by atoms with Crippen LogP contribution in [0.5, 0.6) is 5.75 Å². The first-order valence-corrected chi connectivity index (χ1v) is 9.98. The zero-order valence-electron chi connectivity index (χ0n) is 16.7. The van der Waals surface area contributed by atoms with Crippen molar-refractivity contribution in [2.24, 2.45) is 5.92 Å². The van der Waals surface area contributed by atoms with E-state index in [-0.39, 0.29) is 24.9 Å². The van der Waals surface area contributed by atoms with Gasteiger partial charge >= 0.3 is 0 Å². The second-order valence-corrected chi connectivity index (χ2v) is 7.65. The number of carbonyl (C=O) groups excluding carboxylic acids is 1. The van der Waals surface area contributed by atoms with E-state index in [0.29, 0.717) is 40.7 Å². The summed E-state index contributed by atoms with van der Waals surface area (Å²) < 4.78 is 19.7. The number of halogens is 1. The molecule has 2 aromatic carbocycles. The number of aliphatic hydroxyl groups is 1. The molecule has 1 aliphatic rings. The third kappa shape index (κ3) is 4.52. The van der Waals surface area contributed by atoms with Crippen molar-refractivity contribution in [1.29, 1.82) is 0 Å². The fourth-order valence-corrected chi connectivity index (χ4v) is 3.20. The molecule has 156 valence electrons. The summed E-state index contributed by atoms with van der Waals surface area (Å²) in [6.45, 7) is 2.30. The molecule has 0 spiro atoms. The van der Waals surface area contributed by atoms with Crippen LogP contribution in [0.2, 0.25) is 0 Å². The fraction of sp³-hybridized carbons (Fsp3) is 0.304. The number of benzene rings is 2. The van der Waals surface area contributed by atoms with Crippen molar-refractivity contribution in [3.63, 3.8) is 0 Å². The molecule has 3 aromatic rings. The van der Waals surface area contributed by atoms with Crippen LogP contribution in [0.4, 0.5) is 4.39 Å². The molecule has 4 rings (SSSR count). The Bertz CT molecular complexity index is 1060. The summed E-state index contributed by atoms with van der Waals surface area (Å²) in [6.07, 6.45) is 3.91. The van der Waals surface area contributed by atoms with Crippen molar-refractivity contribution >= 4 is 5.91 Å². The fourth-order valence-electron chi connectivity index (χ4n) is 3.20. The van der Waals surface area contributed by atoms with Gasteiger partial charge in [0, 0.05) is 12.1 Å². The van der Waals surface area contributed by atoms with Gasteiger partial charge in [0.25, 0.3) is 5.91 Å². The van der Waals surface area contributed by atoms with Crippen LogP contribution >= 0.6 is 0 Å². The zero-order chi connectivity index (χ0) is 21.1. The summed E-state index contributed by atoms with van der Waals surface area (Å²) in [6, 6.07) is 10.3. The third-order valence-electron chi connectivity index (χ3n) is 5.27. The molecule has 30 heavy (non-hydrogen) atoms. The van der Waals surface area contributed by atoms with Gasteiger partial charge < -0.3 is 15.2 Å². The lowest BCUT2D eigenvalue weighted by Crippen LogP contribution is -2.24. The number of ether oxygens (including phenoxy) is 1. The number of hydrogen-bond acceptors (Lipinski definition) is 4. The molecule has 0 unspecified atom stereocenters. The van der Waals surface area contributed by atoms with E-state index in [1.54, 1.807) is 37.4 Å². The molecule has 0 radical (unpaired) electrons. The largest absolute Gasteiger partial charge is 0.492 e. The minimum atomic E-state index is -0.308. The Hall–Kier alpha value is -3.19. The van der Waals surface area contributed by atoms with E-state index in [1.807, 2.05) is 6.07 Å². The number of carbonyl (C=O) groups is 1. The van der Waals surface area contributed by atoms with E-state index in [0.717, 1.165) is 24.0 Å². The van der Waals surface area contributed by atoms with Crippen LogP contribution in [0.15, 0.2) is 42.6 Å². The molecule has 1 amide bonds. The normalized spacial score (nSPS) is 13.3. The molecule has 1 aromatic heterocycles. The van der Waals surface area contributed by atoms with Crippen LogP contribution in [0.25, 0.3) is 11.1 Å². The predicted octanol–water partition coefficient (Wildman–Crippen LogP) is 3.74. The van der Waals surface area contributed by atoms with E-state index < -0.39 is 0 Å². The summed E-state index contributed by atoms with van der Waals surface area (Å²) >= 11 is 0. The lowest BCUT2D eigenvalue weighted by Gasteiger charge is -2.14. The first kappa shape index (κ1) is 20.1. The highest BCUT2D eigenvalue weighted by Gasteiger charge is 2.23. The highest BCUT2D eigenvalue weighted by molar-refractivity contribution is 5.98. The van der Waals surface area contributed by atoms with Gasteiger partial charge in [0.1, 0.15) is 11.6 Å². The van der Waals surface area contributed by atoms with E-state index >= 15 is 0 Å². The minimum absolute atomic E-state index is 0.185. The number of nitrogens with zero attached hydrogens (tertiary/aromatic N) is 1. The van der Waals surface area contributed by atoms with Gasteiger partial charge in [-0.1, -0.05) is 18.2 Å². The van der Waals surface area contributed by atoms with Crippen molar-refractivity contribution in [1.82, 2.24) is 15.5 Å². The highest BCUT2D eigenvalue weighted by Crippen LogP contribution is 2.32. The Balaban J connectivity index is 1.57. The topological polar surface area (TPSA) is 87.2 Å². The van der Waals surface area contributed by atoms with Gasteiger partial charge in [-0.25, -0.2) is 4.39 Å². The molecule has 0 atom stereocenters. The maximum absolute atomic E-state index is 13.8. The van der Waals surface area contributed by atoms with Crippen molar-refractivity contribution in [3.05, 3.63) is 70.8 Å². The molecule has 1 aliphatic carbocycles. The molecule has 0 saturated heterocycles. The number of aliphatic hydroxyl groups excluding tert-OH is 1. The maximum Gasteiger partial charge on any atom is 0.255 e. The van der Waals surface area contributed by atoms with Crippen LogP contribution in [-0.2, 0) is 13.2 Å². The van der Waals surface area contributed by atoms with Gasteiger partial charge in [0.2, 0.25) is 0 Å². The first-order chi connectivity index (χ1) is 14.5. The molecule has 6 nitrogen and oxygen atoms in total. The summed E-state index contributed by atoms with van der Waals surface area (Å²) in [5, 5.41) is 19.1. The average molecular weight is 409 g/mol. The molecule has 3 N–H and O–H groups in total. The Labute approximate surface area is 174 Å². The molecule has 0 bridgehead atoms. The Morgan fingerprint density at radius 3 is 2.87 bits per heavy atom. The first-order valence-electron chi connectivity index (χ1n) is 9.98. The number of amides is 1. The summed E-state index contributed by atoms with van der Waals surface area (Å²) in [5.41, 5.74) is 3.68. The molecular formula is C23H24FN3O3. The average Bonchev–Trinajstić information content (AvgIpc) is 3.47. The van der Waals surface area contributed by atoms with Crippen LogP contribution in [0.1, 0.15) is 40.0 Å². The Kier molecular flexibility index (Phi) is 5.81. The van der Waals surface area contributed by atoms with Crippen LogP contribution in [0, 0.1) is 18.7 Å². The van der Waals surface area contributed by atoms with Gasteiger partial charge in [0.15, 0.2) is 0 Å². The second-order valence-electron chi connectivity index (χ2n) is 7.65. The van der Waals surface area contributed by atoms with Gasteiger partial charge in [0.05, 0.1) is 30.7 Å². The Morgan fingerprint density at radius 2 is 2.13 bits per heavy atom. The smallest absolute Gasteiger partial charge is 0.255 e. The SMILES string of the molecule is Cc1ccc(CNC(=O)c2cc(-c3cn[nH]c3CO)ccc2OCC2CC2)cc1F. The number of hydrogen-bond donors (Lipinski definition) is 3. The number of aryl methyl sites for hydroxylation is 1. The van der Waals surface area contributed by atoms with E-state index in [2.05, 4.69) is 15.5 Å². The van der Waals surface area contributed by atoms with Crippen LogP contribution in [0.3, 0.4) is 0 Å². The maximum atomic E-state index is 13.8. The summed E-state index contributed by atoms with van der Waals surface area (Å²) in [5.74, 6) is 0.449. The van der Waals surface area contributed by atoms with Gasteiger partial charge in [-0.2, -0.15) is 5.10 Å². The van der Waals surface area contributed by atoms with Gasteiger partial charge in [-0.05, 0) is 60.6 Å². The molecule has 1 heterocycles. The zero-order valence-corrected chi connectivity index (χ0v) is 16.7. The number of nitrogens with one attached hydrogen (secondary N) is 2. The number of aromatic nitrogens is 2. The van der Waals surface area contributed by atoms with Crippen molar-refractivity contribution < 1.29 is 19.0 Å². The number of H-pyrrole nitrogens is 1. The van der Waals surface area contributed by atoms with Gasteiger partial charge in [-0.3, -0.25) is 9.89 Å². The van der Waals surface area contributed by atoms with Crippen molar-refractivity contribution in [3.8, 4) is 16.9 Å². The second kappa shape index (κ2) is 8.67. The quantitative estimate of drug-likeness (QED) is 0.529. The van der Waals surface area contributed by atoms with E-state index in [9.17, 15) is 14.3 Å². The van der Waals surface area contributed by atoms with Crippen molar-refractivity contribution in [2.75, 3.05) is 6.61 Å². The lowest BCUT2D eigenvalue weighted by atomic mass is 10.0. The molecule has 0 aliphatic heterocycles. The van der Waals surface area contributed by atoms with Crippen molar-refractivity contribution in [2.45, 2.75) is 32.9 Å². The molecular weight excluding hydrogens is 385 g/mol. The van der Waals surface area contributed by atoms with E-state index in [1.165, 1.54) is 6.07 Å². The predicted molar refractivity (Wildman–Crippen MR) is 110 cm³/mol. The number of aromatic amines is 1. The number of rotatable bonds is 8. The molecule has 1 fully saturated rings. The van der Waals surface area contributed by atoms with Crippen LogP contribution < -0.4 is 10.1 Å². The molecule has 7 heteroatoms. The standard InChI is InChI=1S/C23H24FN3O3/c1-14-2-3-16(8-20(14)24)10-25-23(29)18-9-17(19-11-26-27-21(19)12-28)6-7-22(18)30-13-15-4-5-15/h2-3,6-9,11,15,28H,4-5,10,12-13H2,1H3,(H,25,29)(H,26,27). The lowest BCUT2D eigenvalue weighted by molar-refractivity contribution is 0.0946. The van der Waals surface area contributed by atoms with Gasteiger partial charge in [-0.15, -0.1) is 0 Å².